The number of nitrogens with one attached hydrogen (secondary N) is 2. The second-order valence-electron chi connectivity index (χ2n) is 6.89. The minimum absolute atomic E-state index is 0.246. The summed E-state index contributed by atoms with van der Waals surface area (Å²) in [6.07, 6.45) is 5.32. The molecule has 0 aliphatic heterocycles. The van der Waals surface area contributed by atoms with Crippen molar-refractivity contribution in [3.05, 3.63) is 78.8 Å². The normalized spacial score (nSPS) is 10.9. The number of ether oxygens (including phenoxy) is 1. The van der Waals surface area contributed by atoms with Crippen molar-refractivity contribution in [2.24, 2.45) is 7.05 Å². The molecule has 1 amide bonds. The number of rotatable bonds is 5. The van der Waals surface area contributed by atoms with Crippen LogP contribution in [0.5, 0.6) is 11.5 Å². The minimum Gasteiger partial charge on any atom is -0.457 e. The van der Waals surface area contributed by atoms with E-state index in [1.165, 1.54) is 0 Å². The highest BCUT2D eigenvalue weighted by molar-refractivity contribution is 6.05. The molecule has 3 aromatic heterocycles. The van der Waals surface area contributed by atoms with E-state index < -0.39 is 0 Å². The molecule has 0 aliphatic rings. The third-order valence-electron chi connectivity index (χ3n) is 4.64. The van der Waals surface area contributed by atoms with E-state index in [0.717, 1.165) is 11.3 Å². The maximum absolute atomic E-state index is 12.6. The number of nitrogens with zero attached hydrogens (tertiary/aromatic N) is 5. The number of anilines is 1. The fourth-order valence-corrected chi connectivity index (χ4v) is 3.14. The Labute approximate surface area is 176 Å². The highest BCUT2D eigenvalue weighted by Crippen LogP contribution is 2.27. The summed E-state index contributed by atoms with van der Waals surface area (Å²) >= 11 is 0. The average molecular weight is 411 g/mol. The third-order valence-corrected chi connectivity index (χ3v) is 4.64. The first kappa shape index (κ1) is 18.5. The number of aryl methyl sites for hydroxylation is 1. The Morgan fingerprint density at radius 3 is 2.77 bits per heavy atom. The van der Waals surface area contributed by atoms with Crippen LogP contribution in [0.1, 0.15) is 10.4 Å². The lowest BCUT2D eigenvalue weighted by molar-refractivity contribution is 0.102. The van der Waals surface area contributed by atoms with Crippen LogP contribution < -0.4 is 10.1 Å². The number of benzene rings is 2. The zero-order valence-corrected chi connectivity index (χ0v) is 16.5. The monoisotopic (exact) mass is 411 g/mol. The molecular weight excluding hydrogens is 394 g/mol. The van der Waals surface area contributed by atoms with Crippen LogP contribution >= 0.6 is 0 Å². The molecule has 0 radical (unpaired) electrons. The van der Waals surface area contributed by atoms with E-state index in [1.807, 2.05) is 31.4 Å². The molecule has 2 aromatic carbocycles. The molecule has 0 aliphatic carbocycles. The van der Waals surface area contributed by atoms with Gasteiger partial charge < -0.3 is 10.1 Å². The molecule has 5 aromatic rings. The van der Waals surface area contributed by atoms with Crippen LogP contribution in [0.4, 0.5) is 5.69 Å². The van der Waals surface area contributed by atoms with E-state index in [1.54, 1.807) is 53.5 Å². The first-order chi connectivity index (χ1) is 15.1. The van der Waals surface area contributed by atoms with E-state index in [-0.39, 0.29) is 5.91 Å². The quantitative estimate of drug-likeness (QED) is 0.455. The number of aromatic amines is 1. The van der Waals surface area contributed by atoms with Gasteiger partial charge in [0.05, 0.1) is 11.9 Å². The van der Waals surface area contributed by atoms with E-state index in [2.05, 4.69) is 30.8 Å². The highest BCUT2D eigenvalue weighted by Gasteiger charge is 2.10. The molecule has 2 N–H and O–H groups in total. The number of carbonyl (C=O) groups is 1. The zero-order valence-electron chi connectivity index (χ0n) is 16.5. The van der Waals surface area contributed by atoms with E-state index in [4.69, 9.17) is 4.74 Å². The molecule has 0 fully saturated rings. The average Bonchev–Trinajstić information content (AvgIpc) is 3.42. The summed E-state index contributed by atoms with van der Waals surface area (Å²) in [6, 6.07) is 16.0. The molecule has 5 rings (SSSR count). The molecule has 0 spiro atoms. The van der Waals surface area contributed by atoms with Crippen LogP contribution in [0, 0.1) is 0 Å². The second kappa shape index (κ2) is 7.71. The van der Waals surface area contributed by atoms with Gasteiger partial charge in [0.15, 0.2) is 0 Å². The Morgan fingerprint density at radius 1 is 1.03 bits per heavy atom. The topological polar surface area (TPSA) is 111 Å². The Kier molecular flexibility index (Phi) is 4.60. The lowest BCUT2D eigenvalue weighted by Crippen LogP contribution is -2.11. The fraction of sp³-hybridized carbons (Fsp3) is 0.0455. The smallest absolute Gasteiger partial charge is 0.255 e. The Morgan fingerprint density at radius 2 is 1.90 bits per heavy atom. The molecule has 152 valence electrons. The van der Waals surface area contributed by atoms with Crippen molar-refractivity contribution in [3.8, 4) is 22.8 Å². The first-order valence-electron chi connectivity index (χ1n) is 9.49. The van der Waals surface area contributed by atoms with Gasteiger partial charge in [-0.1, -0.05) is 6.07 Å². The lowest BCUT2D eigenvalue weighted by Gasteiger charge is -2.10. The molecule has 31 heavy (non-hydrogen) atoms. The second-order valence-corrected chi connectivity index (χ2v) is 6.89. The molecule has 0 atom stereocenters. The number of hydrogen-bond acceptors (Lipinski definition) is 6. The zero-order chi connectivity index (χ0) is 21.2. The van der Waals surface area contributed by atoms with Crippen molar-refractivity contribution in [3.63, 3.8) is 0 Å². The van der Waals surface area contributed by atoms with Gasteiger partial charge >= 0.3 is 0 Å². The Balaban J connectivity index is 1.32. The molecule has 3 heterocycles. The predicted molar refractivity (Wildman–Crippen MR) is 115 cm³/mol. The van der Waals surface area contributed by atoms with E-state index >= 15 is 0 Å². The summed E-state index contributed by atoms with van der Waals surface area (Å²) in [7, 11) is 1.85. The molecule has 9 heteroatoms. The van der Waals surface area contributed by atoms with Crippen molar-refractivity contribution >= 4 is 22.6 Å². The largest absolute Gasteiger partial charge is 0.457 e. The number of fused-ring (bicyclic) bond motifs is 1. The summed E-state index contributed by atoms with van der Waals surface area (Å²) in [5.74, 6) is 0.978. The number of aromatic nitrogens is 6. The fourth-order valence-electron chi connectivity index (χ4n) is 3.14. The SMILES string of the molecule is Cn1cc(-c2cc(Oc3cccc(NC(=O)c4ccc5n[nH]nc5c4)c3)ccn2)cn1. The molecular formula is C22H17N7O2. The van der Waals surface area contributed by atoms with Gasteiger partial charge in [-0.3, -0.25) is 14.5 Å². The van der Waals surface area contributed by atoms with Crippen LogP contribution in [0.2, 0.25) is 0 Å². The number of amides is 1. The summed E-state index contributed by atoms with van der Waals surface area (Å²) in [4.78, 5) is 17.0. The van der Waals surface area contributed by atoms with Crippen molar-refractivity contribution in [1.29, 1.82) is 0 Å². The standard InChI is InChI=1S/C22H17N7O2/c1-29-13-15(12-24-29)20-11-18(7-8-23-20)31-17-4-2-3-16(10-17)25-22(30)14-5-6-19-21(9-14)27-28-26-19/h2-13H,1H3,(H,25,30)(H,26,27,28). The minimum atomic E-state index is -0.246. The van der Waals surface area contributed by atoms with Crippen molar-refractivity contribution in [1.82, 2.24) is 30.2 Å². The Bertz CT molecular complexity index is 1390. The van der Waals surface area contributed by atoms with Gasteiger partial charge in [0.25, 0.3) is 5.91 Å². The van der Waals surface area contributed by atoms with Crippen LogP contribution in [-0.4, -0.2) is 36.1 Å². The van der Waals surface area contributed by atoms with Crippen LogP contribution in [0.15, 0.2) is 73.2 Å². The van der Waals surface area contributed by atoms with Crippen LogP contribution in [0.25, 0.3) is 22.3 Å². The number of H-pyrrole nitrogens is 1. The number of hydrogen-bond donors (Lipinski definition) is 2. The van der Waals surface area contributed by atoms with Gasteiger partial charge in [0.2, 0.25) is 0 Å². The van der Waals surface area contributed by atoms with Gasteiger partial charge in [0, 0.05) is 48.4 Å². The molecule has 0 saturated carbocycles. The lowest BCUT2D eigenvalue weighted by atomic mass is 10.2. The predicted octanol–water partition coefficient (Wildman–Crippen LogP) is 3.80. The van der Waals surface area contributed by atoms with Crippen molar-refractivity contribution in [2.75, 3.05) is 5.32 Å². The number of carbonyl (C=O) groups excluding carboxylic acids is 1. The first-order valence-corrected chi connectivity index (χ1v) is 9.49. The summed E-state index contributed by atoms with van der Waals surface area (Å²) in [6.45, 7) is 0. The summed E-state index contributed by atoms with van der Waals surface area (Å²) in [5.41, 5.74) is 4.10. The van der Waals surface area contributed by atoms with Crippen LogP contribution in [-0.2, 0) is 7.05 Å². The van der Waals surface area contributed by atoms with Crippen LogP contribution in [0.3, 0.4) is 0 Å². The van der Waals surface area contributed by atoms with E-state index in [9.17, 15) is 4.79 Å². The summed E-state index contributed by atoms with van der Waals surface area (Å²) in [5, 5.41) is 17.6. The van der Waals surface area contributed by atoms with Gasteiger partial charge in [0.1, 0.15) is 22.5 Å². The van der Waals surface area contributed by atoms with Gasteiger partial charge in [-0.2, -0.15) is 20.5 Å². The molecule has 9 nitrogen and oxygen atoms in total. The molecule has 0 unspecified atom stereocenters. The van der Waals surface area contributed by atoms with Crippen molar-refractivity contribution < 1.29 is 9.53 Å². The van der Waals surface area contributed by atoms with Gasteiger partial charge in [-0.15, -0.1) is 0 Å². The molecule has 0 bridgehead atoms. The number of pyridine rings is 1. The molecule has 0 saturated heterocycles. The maximum Gasteiger partial charge on any atom is 0.255 e. The summed E-state index contributed by atoms with van der Waals surface area (Å²) < 4.78 is 7.70. The van der Waals surface area contributed by atoms with Crippen molar-refractivity contribution in [2.45, 2.75) is 0 Å². The highest BCUT2D eigenvalue weighted by atomic mass is 16.5. The Hall–Kier alpha value is -4.53. The third kappa shape index (κ3) is 3.97. The van der Waals surface area contributed by atoms with E-state index in [0.29, 0.717) is 33.8 Å². The van der Waals surface area contributed by atoms with Gasteiger partial charge in [-0.25, -0.2) is 0 Å². The maximum atomic E-state index is 12.6. The van der Waals surface area contributed by atoms with Gasteiger partial charge in [-0.05, 0) is 36.4 Å².